The zero-order valence-corrected chi connectivity index (χ0v) is 45.2. The molecule has 0 saturated heterocycles. The van der Waals surface area contributed by atoms with Crippen LogP contribution in [0.1, 0.15) is 245 Å². The summed E-state index contributed by atoms with van der Waals surface area (Å²) in [7, 11) is 0. The summed E-state index contributed by atoms with van der Waals surface area (Å²) >= 11 is 0. The Morgan fingerprint density at radius 3 is 1.06 bits per heavy atom. The van der Waals surface area contributed by atoms with Crippen LogP contribution in [0.15, 0.2) is 122 Å². The topological polar surface area (TPSA) is 78.9 Å². The minimum absolute atomic E-state index is 0.0961. The largest absolute Gasteiger partial charge is 0.462 e. The Labute approximate surface area is 431 Å². The van der Waals surface area contributed by atoms with Gasteiger partial charge in [-0.2, -0.15) is 0 Å². The van der Waals surface area contributed by atoms with Crippen molar-refractivity contribution in [2.45, 2.75) is 252 Å². The number of rotatable bonds is 50. The molecule has 0 aliphatic carbocycles. The molecule has 0 aromatic heterocycles. The Bertz CT molecular complexity index is 1490. The first-order valence-corrected chi connectivity index (χ1v) is 28.6. The second kappa shape index (κ2) is 57.4. The molecule has 70 heavy (non-hydrogen) atoms. The van der Waals surface area contributed by atoms with Gasteiger partial charge in [0.05, 0.1) is 0 Å². The maximum Gasteiger partial charge on any atom is 0.306 e. The van der Waals surface area contributed by atoms with Gasteiger partial charge in [-0.05, 0) is 70.6 Å². The SMILES string of the molecule is CC\C=C/C=C\C=C/C=C\C=C\C=C/C=C\CCCCCC(=O)OCC(COC(=O)CCCCCCCCCCCCCCCC)OC(=O)CCCCCCCCCCC/C=C\C/C=C\C/C=C\CC. The average Bonchev–Trinajstić information content (AvgIpc) is 3.36. The Balaban J connectivity index is 4.50. The molecule has 6 heteroatoms. The first kappa shape index (κ1) is 65.8. The molecule has 396 valence electrons. The molecule has 0 aliphatic heterocycles. The quantitative estimate of drug-likeness (QED) is 0.0199. The smallest absolute Gasteiger partial charge is 0.306 e. The molecular formula is C64H104O6. The summed E-state index contributed by atoms with van der Waals surface area (Å²) in [6, 6.07) is 0. The molecule has 0 heterocycles. The van der Waals surface area contributed by atoms with Gasteiger partial charge in [0.2, 0.25) is 0 Å². The number of allylic oxidation sites excluding steroid dienone is 20. The van der Waals surface area contributed by atoms with Crippen molar-refractivity contribution in [1.82, 2.24) is 0 Å². The second-order valence-electron chi connectivity index (χ2n) is 18.6. The highest BCUT2D eigenvalue weighted by molar-refractivity contribution is 5.71. The second-order valence-corrected chi connectivity index (χ2v) is 18.6. The molecule has 0 bridgehead atoms. The van der Waals surface area contributed by atoms with Gasteiger partial charge in [-0.25, -0.2) is 0 Å². The molecular weight excluding hydrogens is 865 g/mol. The molecule has 0 fully saturated rings. The first-order valence-electron chi connectivity index (χ1n) is 28.6. The number of esters is 3. The third kappa shape index (κ3) is 54.7. The lowest BCUT2D eigenvalue weighted by atomic mass is 10.0. The van der Waals surface area contributed by atoms with Crippen LogP contribution < -0.4 is 0 Å². The highest BCUT2D eigenvalue weighted by atomic mass is 16.6. The van der Waals surface area contributed by atoms with Crippen molar-refractivity contribution in [2.75, 3.05) is 13.2 Å². The maximum absolute atomic E-state index is 12.9. The zero-order valence-electron chi connectivity index (χ0n) is 45.2. The van der Waals surface area contributed by atoms with E-state index >= 15 is 0 Å². The van der Waals surface area contributed by atoms with E-state index in [1.54, 1.807) is 0 Å². The van der Waals surface area contributed by atoms with Crippen molar-refractivity contribution < 1.29 is 28.6 Å². The first-order chi connectivity index (χ1) is 34.5. The van der Waals surface area contributed by atoms with Gasteiger partial charge in [-0.3, -0.25) is 14.4 Å². The average molecular weight is 970 g/mol. The molecule has 1 unspecified atom stereocenters. The van der Waals surface area contributed by atoms with Gasteiger partial charge in [-0.15, -0.1) is 0 Å². The molecule has 0 N–H and O–H groups in total. The van der Waals surface area contributed by atoms with Gasteiger partial charge in [-0.1, -0.05) is 277 Å². The van der Waals surface area contributed by atoms with Crippen LogP contribution in [0.5, 0.6) is 0 Å². The number of carbonyl (C=O) groups excluding carboxylic acids is 3. The van der Waals surface area contributed by atoms with E-state index in [0.717, 1.165) is 96.3 Å². The van der Waals surface area contributed by atoms with E-state index in [1.807, 2.05) is 72.9 Å². The van der Waals surface area contributed by atoms with E-state index in [1.165, 1.54) is 109 Å². The summed E-state index contributed by atoms with van der Waals surface area (Å²) in [4.78, 5) is 38.2. The molecule has 6 nitrogen and oxygen atoms in total. The number of hydrogen-bond acceptors (Lipinski definition) is 6. The third-order valence-electron chi connectivity index (χ3n) is 11.9. The fourth-order valence-corrected chi connectivity index (χ4v) is 7.68. The highest BCUT2D eigenvalue weighted by Crippen LogP contribution is 2.15. The monoisotopic (exact) mass is 969 g/mol. The van der Waals surface area contributed by atoms with Gasteiger partial charge in [0.15, 0.2) is 6.10 Å². The zero-order chi connectivity index (χ0) is 50.7. The normalized spacial score (nSPS) is 13.0. The summed E-state index contributed by atoms with van der Waals surface area (Å²) in [5.41, 5.74) is 0. The van der Waals surface area contributed by atoms with Crippen LogP contribution in [-0.4, -0.2) is 37.2 Å². The van der Waals surface area contributed by atoms with Crippen molar-refractivity contribution >= 4 is 17.9 Å². The molecule has 1 atom stereocenters. The van der Waals surface area contributed by atoms with Crippen LogP contribution in [0.4, 0.5) is 0 Å². The van der Waals surface area contributed by atoms with Gasteiger partial charge >= 0.3 is 17.9 Å². The third-order valence-corrected chi connectivity index (χ3v) is 11.9. The lowest BCUT2D eigenvalue weighted by Crippen LogP contribution is -2.30. The van der Waals surface area contributed by atoms with Crippen molar-refractivity contribution in [2.24, 2.45) is 0 Å². The number of hydrogen-bond donors (Lipinski definition) is 0. The Morgan fingerprint density at radius 1 is 0.314 bits per heavy atom. The van der Waals surface area contributed by atoms with E-state index < -0.39 is 6.10 Å². The summed E-state index contributed by atoms with van der Waals surface area (Å²) < 4.78 is 16.8. The van der Waals surface area contributed by atoms with Crippen LogP contribution in [0.2, 0.25) is 0 Å². The summed E-state index contributed by atoms with van der Waals surface area (Å²) in [6.07, 6.45) is 78.9. The van der Waals surface area contributed by atoms with E-state index in [9.17, 15) is 14.4 Å². The van der Waals surface area contributed by atoms with Crippen LogP contribution in [0.25, 0.3) is 0 Å². The van der Waals surface area contributed by atoms with Crippen LogP contribution >= 0.6 is 0 Å². The summed E-state index contributed by atoms with van der Waals surface area (Å²) in [5, 5.41) is 0. The summed E-state index contributed by atoms with van der Waals surface area (Å²) in [6.45, 7) is 6.35. The number of unbranched alkanes of at least 4 members (excludes halogenated alkanes) is 25. The van der Waals surface area contributed by atoms with Gasteiger partial charge in [0, 0.05) is 19.3 Å². The molecule has 0 saturated carbocycles. The van der Waals surface area contributed by atoms with Crippen LogP contribution in [0, 0.1) is 0 Å². The predicted molar refractivity (Wildman–Crippen MR) is 302 cm³/mol. The minimum atomic E-state index is -0.802. The molecule has 0 rings (SSSR count). The van der Waals surface area contributed by atoms with Gasteiger partial charge in [0.25, 0.3) is 0 Å². The molecule has 0 aromatic carbocycles. The lowest BCUT2D eigenvalue weighted by Gasteiger charge is -2.18. The Hall–Kier alpha value is -4.19. The van der Waals surface area contributed by atoms with E-state index in [2.05, 4.69) is 69.4 Å². The molecule has 0 spiro atoms. The minimum Gasteiger partial charge on any atom is -0.462 e. The van der Waals surface area contributed by atoms with Crippen molar-refractivity contribution in [3.05, 3.63) is 122 Å². The number of carbonyl (C=O) groups is 3. The van der Waals surface area contributed by atoms with E-state index in [-0.39, 0.29) is 31.1 Å². The summed E-state index contributed by atoms with van der Waals surface area (Å²) in [5.74, 6) is -0.947. The van der Waals surface area contributed by atoms with Gasteiger partial charge < -0.3 is 14.2 Å². The Kier molecular flexibility index (Phi) is 54.0. The predicted octanol–water partition coefficient (Wildman–Crippen LogP) is 19.3. The number of ether oxygens (including phenoxy) is 3. The highest BCUT2D eigenvalue weighted by Gasteiger charge is 2.19. The maximum atomic E-state index is 12.9. The molecule has 0 aliphatic rings. The van der Waals surface area contributed by atoms with Crippen LogP contribution in [0.3, 0.4) is 0 Å². The van der Waals surface area contributed by atoms with E-state index in [0.29, 0.717) is 19.3 Å². The van der Waals surface area contributed by atoms with Crippen molar-refractivity contribution in [3.63, 3.8) is 0 Å². The van der Waals surface area contributed by atoms with Crippen molar-refractivity contribution in [1.29, 1.82) is 0 Å². The molecule has 0 amide bonds. The lowest BCUT2D eigenvalue weighted by molar-refractivity contribution is -0.167. The molecule has 0 radical (unpaired) electrons. The fourth-order valence-electron chi connectivity index (χ4n) is 7.68. The fraction of sp³-hybridized carbons (Fsp3) is 0.641. The van der Waals surface area contributed by atoms with Crippen molar-refractivity contribution in [3.8, 4) is 0 Å². The standard InChI is InChI=1S/C64H104O6/c1-4-7-10-13-16-19-22-25-28-30-32-34-36-39-42-45-48-51-54-57-63(66)69-60-61(59-68-62(65)56-53-50-47-44-41-38-27-24-21-18-15-12-9-6-3)70-64(67)58-55-52-49-46-43-40-37-35-33-31-29-26-23-20-17-14-11-8-5-2/h7-8,10-11,13,16-17,19-20,22,25-26,28-30,32,34,36,39,42,61H,4-6,9,12,14-15,18,21,23-24,27,31,33,35,37-38,40-41,43-60H2,1-3H3/b10-7-,11-8-,16-13-,20-17-,22-19-,28-25-,29-26-,32-30+,36-34-,42-39-. The van der Waals surface area contributed by atoms with Crippen LogP contribution in [-0.2, 0) is 28.6 Å². The Morgan fingerprint density at radius 2 is 0.629 bits per heavy atom. The van der Waals surface area contributed by atoms with E-state index in [4.69, 9.17) is 14.2 Å². The van der Waals surface area contributed by atoms with Gasteiger partial charge in [0.1, 0.15) is 13.2 Å². The molecule has 0 aromatic rings.